The largest absolute Gasteiger partial charge is 0.380 e. The molecular weight excluding hydrogens is 1140 g/mol. The molecule has 5 heteroatoms. The van der Waals surface area contributed by atoms with Gasteiger partial charge in [0.15, 0.2) is 0 Å². The van der Waals surface area contributed by atoms with Crippen LogP contribution in [0.15, 0.2) is 24.3 Å². The molecule has 5 nitrogen and oxygen atoms in total. The molecule has 4 N–H and O–H groups in total. The number of ether oxygens (including phenoxy) is 1. The standard InChI is InChI=1S/C9H10.C8H14.C7H12.C7H14.C6H13N.C5H12N2.C5H11NO.7C4H10.7C2H6/c1-2-5-9-7-3-6-8(9)4-1;1-2-8-5-3-7(1)4-6-8;1-2-6-4-7(3-1)5-6;2*1-2-4-6-7-5-3-1;1-2-6-4-5-7-3-1;1-2-6-3-5-7-4-1;7*1-4(2)3;7*1-2/h1-2,4-5H,3,6-7H2;7-8H,1-6H2;6-7H,1-5H2;1-7H2;7H,1-6H2;6-7H,1-5H2;6H,1-5H2;7*4H,1-3H3;7*1-2H3. The van der Waals surface area contributed by atoms with Crippen molar-refractivity contribution in [3.8, 4) is 0 Å². The van der Waals surface area contributed by atoms with Crippen LogP contribution in [0.5, 0.6) is 0 Å². The van der Waals surface area contributed by atoms with Crippen LogP contribution in [0.1, 0.15) is 414 Å². The van der Waals surface area contributed by atoms with E-state index < -0.39 is 0 Å². The lowest BCUT2D eigenvalue weighted by atomic mass is 9.65. The van der Waals surface area contributed by atoms with Crippen molar-refractivity contribution in [1.29, 1.82) is 0 Å². The van der Waals surface area contributed by atoms with Gasteiger partial charge in [0, 0.05) is 26.2 Å². The highest BCUT2D eigenvalue weighted by molar-refractivity contribution is 5.30. The van der Waals surface area contributed by atoms with Crippen LogP contribution in [0.2, 0.25) is 0 Å². The molecule has 11 aliphatic rings. The van der Waals surface area contributed by atoms with Crippen LogP contribution < -0.4 is 21.3 Å². The van der Waals surface area contributed by atoms with Crippen molar-refractivity contribution in [3.63, 3.8) is 0 Å². The van der Waals surface area contributed by atoms with Gasteiger partial charge in [0.25, 0.3) is 0 Å². The first-order chi connectivity index (χ1) is 45.0. The maximum absolute atomic E-state index is 5.13. The van der Waals surface area contributed by atoms with Crippen LogP contribution in [0.3, 0.4) is 0 Å². The molecule has 0 atom stereocenters. The molecule has 1 aromatic rings. The number of fused-ring (bicyclic) bond motifs is 6. The highest BCUT2D eigenvalue weighted by Gasteiger charge is 2.32. The molecule has 4 bridgehead atoms. The highest BCUT2D eigenvalue weighted by Crippen LogP contribution is 2.45. The van der Waals surface area contributed by atoms with Gasteiger partial charge in [0.05, 0.1) is 6.61 Å². The topological polar surface area (TPSA) is 57.3 Å². The summed E-state index contributed by atoms with van der Waals surface area (Å²) >= 11 is 0. The van der Waals surface area contributed by atoms with Gasteiger partial charge in [0.2, 0.25) is 0 Å². The third-order valence-electron chi connectivity index (χ3n) is 13.0. The van der Waals surface area contributed by atoms with E-state index in [9.17, 15) is 0 Å². The number of rotatable bonds is 0. The summed E-state index contributed by atoms with van der Waals surface area (Å²) in [4.78, 5) is 0. The fraction of sp³-hybridized carbons (Fsp3) is 0.933. The Labute approximate surface area is 604 Å². The predicted octanol–water partition coefficient (Wildman–Crippen LogP) is 29.2. The summed E-state index contributed by atoms with van der Waals surface area (Å²) in [5, 5.41) is 13.1. The second-order valence-corrected chi connectivity index (χ2v) is 29.6. The lowest BCUT2D eigenvalue weighted by molar-refractivity contribution is 0.116. The van der Waals surface area contributed by atoms with Crippen molar-refractivity contribution in [2.45, 2.75) is 416 Å². The van der Waals surface area contributed by atoms with Gasteiger partial charge in [-0.05, 0) is 167 Å². The van der Waals surface area contributed by atoms with E-state index >= 15 is 0 Å². The van der Waals surface area contributed by atoms with Gasteiger partial charge < -0.3 is 26.0 Å². The van der Waals surface area contributed by atoms with Crippen molar-refractivity contribution in [2.75, 3.05) is 65.6 Å². The lowest BCUT2D eigenvalue weighted by Gasteiger charge is -2.40. The Morgan fingerprint density at radius 2 is 0.479 bits per heavy atom. The molecule has 3 aliphatic heterocycles. The Kier molecular flexibility index (Phi) is 135. The number of aryl methyl sites for hydroxylation is 2. The summed E-state index contributed by atoms with van der Waals surface area (Å²) < 4.78 is 5.13. The van der Waals surface area contributed by atoms with Crippen LogP contribution in [-0.2, 0) is 17.6 Å². The fourth-order valence-electron chi connectivity index (χ4n) is 9.49. The molecule has 94 heavy (non-hydrogen) atoms. The molecule has 0 unspecified atom stereocenters. The summed E-state index contributed by atoms with van der Waals surface area (Å²) in [5.41, 5.74) is 3.13. The molecule has 12 rings (SSSR count). The van der Waals surface area contributed by atoms with E-state index in [1.807, 2.05) is 96.9 Å². The molecule has 0 amide bonds. The molecule has 0 spiro atoms. The molecule has 1 aromatic carbocycles. The average Bonchev–Trinajstić information content (AvgIpc) is 1.04. The minimum Gasteiger partial charge on any atom is -0.380 e. The number of hydrogen-bond donors (Lipinski definition) is 4. The van der Waals surface area contributed by atoms with Crippen molar-refractivity contribution < 1.29 is 4.74 Å². The quantitative estimate of drug-likeness (QED) is 0.195. The Morgan fingerprint density at radius 3 is 0.723 bits per heavy atom. The average molecular weight is 1340 g/mol. The molecule has 580 valence electrons. The van der Waals surface area contributed by atoms with Crippen molar-refractivity contribution in [1.82, 2.24) is 21.3 Å². The van der Waals surface area contributed by atoms with Crippen LogP contribution in [0.25, 0.3) is 0 Å². The summed E-state index contributed by atoms with van der Waals surface area (Å²) in [6.45, 7) is 84.6. The van der Waals surface area contributed by atoms with E-state index in [-0.39, 0.29) is 0 Å². The number of nitrogens with one attached hydrogen (secondary N) is 4. The number of hydrogen-bond acceptors (Lipinski definition) is 5. The summed E-state index contributed by atoms with van der Waals surface area (Å²) in [6, 6.07) is 8.74. The molecule has 0 aromatic heterocycles. The van der Waals surface area contributed by atoms with Gasteiger partial charge in [-0.3, -0.25) is 0 Å². The maximum Gasteiger partial charge on any atom is 0.0590 e. The molecule has 0 radical (unpaired) electrons. The molecule has 3 heterocycles. The maximum atomic E-state index is 5.13. The monoisotopic (exact) mass is 1340 g/mol. The molecular formula is C89H198N4O. The van der Waals surface area contributed by atoms with Crippen molar-refractivity contribution >= 4 is 0 Å². The predicted molar refractivity (Wildman–Crippen MR) is 449 cm³/mol. The third kappa shape index (κ3) is 138. The van der Waals surface area contributed by atoms with Crippen LogP contribution >= 0.6 is 0 Å². The van der Waals surface area contributed by atoms with Gasteiger partial charge in [-0.1, -0.05) is 382 Å². The number of benzene rings is 1. The fourth-order valence-corrected chi connectivity index (χ4v) is 9.49. The second kappa shape index (κ2) is 108. The van der Waals surface area contributed by atoms with Gasteiger partial charge in [-0.25, -0.2) is 0 Å². The van der Waals surface area contributed by atoms with Gasteiger partial charge in [0.1, 0.15) is 0 Å². The van der Waals surface area contributed by atoms with E-state index in [0.29, 0.717) is 0 Å². The normalized spacial score (nSPS) is 19.2. The van der Waals surface area contributed by atoms with Gasteiger partial charge in [-0.2, -0.15) is 0 Å². The van der Waals surface area contributed by atoms with E-state index in [0.717, 1.165) is 92.7 Å². The molecule has 7 saturated carbocycles. The van der Waals surface area contributed by atoms with Crippen LogP contribution in [-0.4, -0.2) is 65.6 Å². The van der Waals surface area contributed by atoms with Crippen molar-refractivity contribution in [3.05, 3.63) is 35.4 Å². The van der Waals surface area contributed by atoms with Crippen molar-refractivity contribution in [2.24, 2.45) is 65.1 Å². The first kappa shape index (κ1) is 117. The zero-order valence-corrected chi connectivity index (χ0v) is 73.2. The third-order valence-corrected chi connectivity index (χ3v) is 13.0. The minimum absolute atomic E-state index is 0.833. The Morgan fingerprint density at radius 1 is 0.245 bits per heavy atom. The van der Waals surface area contributed by atoms with Gasteiger partial charge >= 0.3 is 0 Å². The SMILES string of the molecule is C1CC2CC(C1)C2.C1CC2CCC1CC2.C1CCCCCC1.C1CCCNCC1.C1CNCCNC1.C1CNCCOC1.CC.CC.CC.CC.CC.CC.CC.CC(C)C.CC(C)C.CC(C)C.CC(C)C.CC(C)C.CC(C)C.CC(C)C.c1ccc2c(c1)CCC2. The first-order valence-corrected chi connectivity index (χ1v) is 42.5. The Bertz CT molecular complexity index is 992. The Hall–Kier alpha value is -0.980. The van der Waals surface area contributed by atoms with E-state index in [1.165, 1.54) is 147 Å². The molecule has 3 saturated heterocycles. The second-order valence-electron chi connectivity index (χ2n) is 29.6. The molecule has 10 fully saturated rings. The zero-order valence-electron chi connectivity index (χ0n) is 73.2. The lowest BCUT2D eigenvalue weighted by Crippen LogP contribution is -2.28. The summed E-state index contributed by atoms with van der Waals surface area (Å²) in [7, 11) is 0. The van der Waals surface area contributed by atoms with E-state index in [4.69, 9.17) is 4.74 Å². The van der Waals surface area contributed by atoms with Crippen LogP contribution in [0, 0.1) is 65.1 Å². The Balaban J connectivity index is -0.0000000872. The summed E-state index contributed by atoms with van der Waals surface area (Å²) in [5.74, 6) is 10.5. The first-order valence-electron chi connectivity index (χ1n) is 42.5. The summed E-state index contributed by atoms with van der Waals surface area (Å²) in [6.07, 6.45) is 39.7. The highest BCUT2D eigenvalue weighted by atomic mass is 16.5. The zero-order chi connectivity index (χ0) is 75.0. The molecule has 8 aliphatic carbocycles. The van der Waals surface area contributed by atoms with E-state index in [2.05, 4.69) is 191 Å². The minimum atomic E-state index is 0.833. The smallest absolute Gasteiger partial charge is 0.0590 e. The van der Waals surface area contributed by atoms with Crippen LogP contribution in [0.4, 0.5) is 0 Å². The van der Waals surface area contributed by atoms with Gasteiger partial charge in [-0.15, -0.1) is 0 Å². The van der Waals surface area contributed by atoms with E-state index in [1.54, 1.807) is 75.3 Å².